The number of aliphatic hydroxyl groups excluding tert-OH is 1. The Hall–Kier alpha value is -3.09. The molecule has 44 heavy (non-hydrogen) atoms. The molecule has 1 saturated carbocycles. The predicted octanol–water partition coefficient (Wildman–Crippen LogP) is 4.03. The van der Waals surface area contributed by atoms with E-state index in [9.17, 15) is 31.9 Å². The van der Waals surface area contributed by atoms with Gasteiger partial charge in [0.2, 0.25) is 5.91 Å². The van der Waals surface area contributed by atoms with Crippen molar-refractivity contribution in [2.75, 3.05) is 18.8 Å². The summed E-state index contributed by atoms with van der Waals surface area (Å²) in [5.41, 5.74) is 0.894. The Labute approximate surface area is 259 Å². The van der Waals surface area contributed by atoms with Gasteiger partial charge >= 0.3 is 6.09 Å². The number of benzene rings is 2. The van der Waals surface area contributed by atoms with Crippen LogP contribution in [0.3, 0.4) is 0 Å². The lowest BCUT2D eigenvalue weighted by atomic mass is 10.00. The first kappa shape index (κ1) is 35.4. The lowest BCUT2D eigenvalue weighted by molar-refractivity contribution is -0.124. The van der Waals surface area contributed by atoms with Gasteiger partial charge in [0.15, 0.2) is 9.84 Å². The van der Waals surface area contributed by atoms with Crippen LogP contribution >= 0.6 is 0 Å². The first-order valence-corrected chi connectivity index (χ1v) is 17.0. The van der Waals surface area contributed by atoms with E-state index < -0.39 is 62.7 Å². The van der Waals surface area contributed by atoms with Gasteiger partial charge in [0.1, 0.15) is 24.3 Å². The maximum atomic E-state index is 14.0. The van der Waals surface area contributed by atoms with Crippen LogP contribution in [0.4, 0.5) is 13.6 Å². The number of alkyl carbamates (subject to hydrolysis) is 1. The van der Waals surface area contributed by atoms with Crippen LogP contribution in [-0.4, -0.2) is 67.8 Å². The monoisotopic (exact) mass is 637 g/mol. The molecule has 3 atom stereocenters. The Kier molecular flexibility index (Phi) is 14.0. The molecule has 12 heteroatoms. The first-order valence-electron chi connectivity index (χ1n) is 15.3. The van der Waals surface area contributed by atoms with Crippen molar-refractivity contribution < 1.29 is 36.6 Å². The molecule has 2 amide bonds. The third-order valence-electron chi connectivity index (χ3n) is 7.60. The van der Waals surface area contributed by atoms with Gasteiger partial charge in [-0.05, 0) is 67.8 Å². The molecule has 1 aliphatic carbocycles. The molecule has 0 heterocycles. The molecule has 0 spiro atoms. The molecule has 0 unspecified atom stereocenters. The topological polar surface area (TPSA) is 134 Å². The van der Waals surface area contributed by atoms with E-state index in [1.807, 2.05) is 19.9 Å². The first-order chi connectivity index (χ1) is 21.0. The molecule has 0 aliphatic heterocycles. The summed E-state index contributed by atoms with van der Waals surface area (Å²) in [6, 6.07) is 9.19. The molecule has 0 saturated heterocycles. The highest BCUT2D eigenvalue weighted by atomic mass is 32.2. The molecule has 0 aromatic heterocycles. The van der Waals surface area contributed by atoms with Crippen molar-refractivity contribution in [2.45, 2.75) is 88.8 Å². The molecule has 244 valence electrons. The number of nitrogens with one attached hydrogen (secondary N) is 3. The number of hydrogen-bond donors (Lipinski definition) is 4. The molecule has 1 aliphatic rings. The summed E-state index contributed by atoms with van der Waals surface area (Å²) in [5.74, 6) is -2.64. The smallest absolute Gasteiger partial charge is 0.408 e. The zero-order valence-electron chi connectivity index (χ0n) is 25.4. The molecule has 0 bridgehead atoms. The Morgan fingerprint density at radius 1 is 0.977 bits per heavy atom. The Balaban J connectivity index is 1.81. The average molecular weight is 638 g/mol. The second-order valence-corrected chi connectivity index (χ2v) is 13.9. The molecule has 1 fully saturated rings. The summed E-state index contributed by atoms with van der Waals surface area (Å²) >= 11 is 0. The van der Waals surface area contributed by atoms with E-state index >= 15 is 0 Å². The highest BCUT2D eigenvalue weighted by molar-refractivity contribution is 7.92. The molecular formula is C32H45F2N3O6S. The zero-order chi connectivity index (χ0) is 32.1. The van der Waals surface area contributed by atoms with Crippen LogP contribution in [0.15, 0.2) is 48.5 Å². The summed E-state index contributed by atoms with van der Waals surface area (Å²) in [7, 11) is -3.85. The minimum absolute atomic E-state index is 0.0871. The normalized spacial score (nSPS) is 15.4. The van der Waals surface area contributed by atoms with Gasteiger partial charge in [-0.2, -0.15) is 0 Å². The van der Waals surface area contributed by atoms with Gasteiger partial charge in [0.05, 0.1) is 23.1 Å². The van der Waals surface area contributed by atoms with Gasteiger partial charge in [-0.3, -0.25) is 4.79 Å². The van der Waals surface area contributed by atoms with E-state index in [1.165, 1.54) is 0 Å². The molecule has 0 radical (unpaired) electrons. The fourth-order valence-corrected chi connectivity index (χ4v) is 7.22. The van der Waals surface area contributed by atoms with E-state index in [0.717, 1.165) is 31.0 Å². The van der Waals surface area contributed by atoms with Crippen molar-refractivity contribution in [1.82, 2.24) is 16.0 Å². The maximum Gasteiger partial charge on any atom is 0.408 e. The minimum atomic E-state index is -3.85. The Morgan fingerprint density at radius 2 is 1.61 bits per heavy atom. The van der Waals surface area contributed by atoms with Crippen molar-refractivity contribution in [1.29, 1.82) is 0 Å². The zero-order valence-corrected chi connectivity index (χ0v) is 26.3. The van der Waals surface area contributed by atoms with E-state index in [2.05, 4.69) is 16.0 Å². The minimum Gasteiger partial charge on any atom is -0.445 e. The number of hydrogen-bond acceptors (Lipinski definition) is 7. The second-order valence-electron chi connectivity index (χ2n) is 11.6. The van der Waals surface area contributed by atoms with Crippen molar-refractivity contribution in [3.63, 3.8) is 0 Å². The van der Waals surface area contributed by atoms with Crippen LogP contribution in [0.5, 0.6) is 0 Å². The molecule has 9 nitrogen and oxygen atoms in total. The van der Waals surface area contributed by atoms with Crippen molar-refractivity contribution in [3.8, 4) is 0 Å². The largest absolute Gasteiger partial charge is 0.445 e. The molecule has 3 rings (SSSR count). The summed E-state index contributed by atoms with van der Waals surface area (Å²) < 4.78 is 60.1. The standard InChI is InChI=1S/C32H45F2N3O6S/c1-3-8-27(9-4-2)44(41,42)21-29(37-32(40)43-20-23-10-6-5-7-11-23)31(39)36-28(30(38)19-35-18-22-12-13-22)16-24-14-25(33)17-26(34)15-24/h5-7,10-11,14-15,17,22,27-30,35,38H,3-4,8-9,12-13,16,18-21H2,1-2H3,(H,36,39)(H,37,40)/t28-,29-,30+/m0/s1. The van der Waals surface area contributed by atoms with Crippen molar-refractivity contribution in [3.05, 3.63) is 71.3 Å². The summed E-state index contributed by atoms with van der Waals surface area (Å²) in [6.45, 7) is 4.42. The lowest BCUT2D eigenvalue weighted by Gasteiger charge is -2.28. The van der Waals surface area contributed by atoms with Crippen molar-refractivity contribution in [2.24, 2.45) is 5.92 Å². The lowest BCUT2D eigenvalue weighted by Crippen LogP contribution is -2.57. The third kappa shape index (κ3) is 12.1. The third-order valence-corrected chi connectivity index (χ3v) is 9.89. The van der Waals surface area contributed by atoms with Gasteiger partial charge < -0.3 is 25.8 Å². The van der Waals surface area contributed by atoms with Crippen LogP contribution in [0.25, 0.3) is 0 Å². The van der Waals surface area contributed by atoms with E-state index in [0.29, 0.717) is 43.7 Å². The van der Waals surface area contributed by atoms with Crippen LogP contribution in [-0.2, 0) is 32.4 Å². The van der Waals surface area contributed by atoms with Crippen LogP contribution in [0.1, 0.15) is 63.5 Å². The number of amides is 2. The van der Waals surface area contributed by atoms with E-state index in [-0.39, 0.29) is 25.1 Å². The number of sulfone groups is 1. The second kappa shape index (κ2) is 17.4. The molecule has 4 N–H and O–H groups in total. The van der Waals surface area contributed by atoms with Gasteiger partial charge in [0.25, 0.3) is 0 Å². The highest BCUT2D eigenvalue weighted by Crippen LogP contribution is 2.27. The number of aliphatic hydroxyl groups is 1. The number of carbonyl (C=O) groups excluding carboxylic acids is 2. The van der Waals surface area contributed by atoms with Crippen LogP contribution in [0.2, 0.25) is 0 Å². The predicted molar refractivity (Wildman–Crippen MR) is 165 cm³/mol. The van der Waals surface area contributed by atoms with Gasteiger partial charge in [-0.15, -0.1) is 0 Å². The van der Waals surface area contributed by atoms with E-state index in [1.54, 1.807) is 24.3 Å². The highest BCUT2D eigenvalue weighted by Gasteiger charge is 2.34. The number of halogens is 2. The summed E-state index contributed by atoms with van der Waals surface area (Å²) in [5, 5.41) is 18.5. The SMILES string of the molecule is CCCC(CCC)S(=O)(=O)C[C@H](NC(=O)OCc1ccccc1)C(=O)N[C@@H](Cc1cc(F)cc(F)c1)[C@H](O)CNCC1CC1. The average Bonchev–Trinajstić information content (AvgIpc) is 3.79. The summed E-state index contributed by atoms with van der Waals surface area (Å²) in [4.78, 5) is 26.5. The van der Waals surface area contributed by atoms with Gasteiger partial charge in [0, 0.05) is 12.6 Å². The van der Waals surface area contributed by atoms with E-state index in [4.69, 9.17) is 4.74 Å². The quantitative estimate of drug-likeness (QED) is 0.183. The van der Waals surface area contributed by atoms with Crippen LogP contribution in [0, 0.1) is 17.6 Å². The van der Waals surface area contributed by atoms with Crippen LogP contribution < -0.4 is 16.0 Å². The summed E-state index contributed by atoms with van der Waals surface area (Å²) in [6.07, 6.45) is 1.93. The molecule has 2 aromatic carbocycles. The maximum absolute atomic E-state index is 14.0. The van der Waals surface area contributed by atoms with Crippen molar-refractivity contribution >= 4 is 21.8 Å². The molecular weight excluding hydrogens is 592 g/mol. The number of ether oxygens (including phenoxy) is 1. The fourth-order valence-electron chi connectivity index (χ4n) is 5.05. The number of carbonyl (C=O) groups is 2. The molecule has 2 aromatic rings. The van der Waals surface area contributed by atoms with Gasteiger partial charge in [-0.1, -0.05) is 57.0 Å². The van der Waals surface area contributed by atoms with Gasteiger partial charge in [-0.25, -0.2) is 22.0 Å². The fraction of sp³-hybridized carbons (Fsp3) is 0.562. The number of rotatable bonds is 19. The Morgan fingerprint density at radius 3 is 2.20 bits per heavy atom. The Bertz CT molecular complexity index is 1280.